The summed E-state index contributed by atoms with van der Waals surface area (Å²) in [5, 5.41) is 0. The highest BCUT2D eigenvalue weighted by molar-refractivity contribution is 5.70. The molecule has 1 heterocycles. The zero-order valence-corrected chi connectivity index (χ0v) is 15.4. The summed E-state index contributed by atoms with van der Waals surface area (Å²) in [5.41, 5.74) is 2.38. The maximum Gasteiger partial charge on any atom is 0.127 e. The van der Waals surface area contributed by atoms with Gasteiger partial charge >= 0.3 is 0 Å². The molecule has 134 valence electrons. The van der Waals surface area contributed by atoms with Gasteiger partial charge in [0.25, 0.3) is 0 Å². The Morgan fingerprint density at radius 3 is 2.36 bits per heavy atom. The molecule has 2 aromatic rings. The van der Waals surface area contributed by atoms with E-state index >= 15 is 0 Å². The lowest BCUT2D eigenvalue weighted by Gasteiger charge is -2.32. The van der Waals surface area contributed by atoms with Crippen LogP contribution in [0.4, 0.5) is 0 Å². The van der Waals surface area contributed by atoms with E-state index in [1.165, 1.54) is 24.1 Å². The second-order valence-electron chi connectivity index (χ2n) is 7.08. The Balaban J connectivity index is 1.45. The van der Waals surface area contributed by atoms with E-state index in [9.17, 15) is 0 Å². The van der Waals surface area contributed by atoms with Crippen LogP contribution in [0.5, 0.6) is 5.75 Å². The molecule has 0 spiro atoms. The second kappa shape index (κ2) is 9.02. The first-order valence-corrected chi connectivity index (χ1v) is 9.48. The van der Waals surface area contributed by atoms with Gasteiger partial charge in [0.2, 0.25) is 0 Å². The number of quaternary nitrogens is 1. The molecule has 0 amide bonds. The summed E-state index contributed by atoms with van der Waals surface area (Å²) >= 11 is 0. The number of nitrogens with one attached hydrogen (secondary N) is 1. The molecule has 3 nitrogen and oxygen atoms in total. The first kappa shape index (κ1) is 18.0. The van der Waals surface area contributed by atoms with Crippen molar-refractivity contribution in [3.8, 4) is 16.9 Å². The van der Waals surface area contributed by atoms with Crippen LogP contribution in [0.1, 0.15) is 26.7 Å². The van der Waals surface area contributed by atoms with Crippen LogP contribution < -0.4 is 9.64 Å². The van der Waals surface area contributed by atoms with Crippen LogP contribution in [0.25, 0.3) is 11.1 Å². The highest BCUT2D eigenvalue weighted by Gasteiger charge is 2.24. The van der Waals surface area contributed by atoms with Gasteiger partial charge in [-0.2, -0.15) is 0 Å². The normalized spacial score (nSPS) is 23.4. The molecule has 0 unspecified atom stereocenters. The van der Waals surface area contributed by atoms with E-state index in [4.69, 9.17) is 9.47 Å². The van der Waals surface area contributed by atoms with E-state index in [0.29, 0.717) is 12.2 Å². The number of hydrogen-bond donors (Lipinski definition) is 1. The molecule has 0 aromatic heterocycles. The maximum atomic E-state index is 6.09. The smallest absolute Gasteiger partial charge is 0.127 e. The van der Waals surface area contributed by atoms with Crippen molar-refractivity contribution in [1.82, 2.24) is 0 Å². The molecule has 1 fully saturated rings. The molecule has 3 rings (SSSR count). The fraction of sp³-hybridized carbons (Fsp3) is 0.455. The lowest BCUT2D eigenvalue weighted by atomic mass is 10.1. The maximum absolute atomic E-state index is 6.09. The first-order valence-electron chi connectivity index (χ1n) is 9.48. The fourth-order valence-corrected chi connectivity index (χ4v) is 3.70. The fourth-order valence-electron chi connectivity index (χ4n) is 3.70. The van der Waals surface area contributed by atoms with Gasteiger partial charge < -0.3 is 14.4 Å². The van der Waals surface area contributed by atoms with Crippen LogP contribution in [0.15, 0.2) is 54.6 Å². The second-order valence-corrected chi connectivity index (χ2v) is 7.08. The van der Waals surface area contributed by atoms with E-state index in [1.807, 2.05) is 12.1 Å². The zero-order valence-electron chi connectivity index (χ0n) is 15.4. The van der Waals surface area contributed by atoms with Gasteiger partial charge in [0, 0.05) is 5.56 Å². The van der Waals surface area contributed by atoms with Crippen LogP contribution >= 0.6 is 0 Å². The third kappa shape index (κ3) is 5.32. The summed E-state index contributed by atoms with van der Waals surface area (Å²) in [5.74, 6) is 0.981. The molecule has 0 bridgehead atoms. The molecule has 0 radical (unpaired) electrons. The summed E-state index contributed by atoms with van der Waals surface area (Å²) in [4.78, 5) is 1.66. The van der Waals surface area contributed by atoms with Crippen LogP contribution in [-0.4, -0.2) is 38.4 Å². The molecule has 1 aliphatic rings. The van der Waals surface area contributed by atoms with Gasteiger partial charge in [0.1, 0.15) is 31.0 Å². The van der Waals surface area contributed by atoms with Gasteiger partial charge in [0.05, 0.1) is 13.2 Å². The minimum Gasteiger partial charge on any atom is -0.493 e. The van der Waals surface area contributed by atoms with Crippen molar-refractivity contribution in [2.45, 2.75) is 38.9 Å². The number of morpholine rings is 1. The third-order valence-corrected chi connectivity index (χ3v) is 4.77. The molecular formula is C22H30NO2+. The largest absolute Gasteiger partial charge is 0.493 e. The predicted octanol–water partition coefficient (Wildman–Crippen LogP) is 3.20. The number of hydrogen-bond acceptors (Lipinski definition) is 2. The standard InChI is InChI=1S/C22H29NO2/c1-18-16-23(17-19(2)25-18)14-8-9-15-24-22-13-7-6-12-21(22)20-10-4-3-5-11-20/h3-7,10-13,18-19H,8-9,14-17H2,1-2H3/p+1/t18-,19-/m1/s1. The molecule has 1 saturated heterocycles. The van der Waals surface area contributed by atoms with E-state index < -0.39 is 0 Å². The molecule has 3 heteroatoms. The summed E-state index contributed by atoms with van der Waals surface area (Å²) in [7, 11) is 0. The Morgan fingerprint density at radius 2 is 1.60 bits per heavy atom. The number of benzene rings is 2. The Bertz CT molecular complexity index is 633. The van der Waals surface area contributed by atoms with E-state index in [-0.39, 0.29) is 0 Å². The van der Waals surface area contributed by atoms with Crippen molar-refractivity contribution in [1.29, 1.82) is 0 Å². The van der Waals surface area contributed by atoms with Gasteiger partial charge in [-0.1, -0.05) is 48.5 Å². The SMILES string of the molecule is C[C@@H]1C[NH+](CCCCOc2ccccc2-c2ccccc2)C[C@@H](C)O1. The summed E-state index contributed by atoms with van der Waals surface area (Å²) in [6.07, 6.45) is 3.05. The Labute approximate surface area is 151 Å². The summed E-state index contributed by atoms with van der Waals surface area (Å²) in [6.45, 7) is 8.60. The van der Waals surface area contributed by atoms with Crippen molar-refractivity contribution in [3.05, 3.63) is 54.6 Å². The first-order chi connectivity index (χ1) is 12.2. The zero-order chi connectivity index (χ0) is 17.5. The monoisotopic (exact) mass is 340 g/mol. The van der Waals surface area contributed by atoms with Crippen molar-refractivity contribution in [2.24, 2.45) is 0 Å². The Morgan fingerprint density at radius 1 is 0.920 bits per heavy atom. The lowest BCUT2D eigenvalue weighted by molar-refractivity contribution is -0.915. The van der Waals surface area contributed by atoms with Crippen LogP contribution in [0.3, 0.4) is 0 Å². The molecule has 0 aliphatic carbocycles. The Kier molecular flexibility index (Phi) is 6.48. The average molecular weight is 340 g/mol. The molecule has 2 atom stereocenters. The minimum atomic E-state index is 0.382. The van der Waals surface area contributed by atoms with E-state index in [1.54, 1.807) is 4.90 Å². The van der Waals surface area contributed by atoms with E-state index in [0.717, 1.165) is 31.9 Å². The molecular weight excluding hydrogens is 310 g/mol. The number of unbranched alkanes of at least 4 members (excludes halogenated alkanes) is 1. The third-order valence-electron chi connectivity index (χ3n) is 4.77. The molecule has 1 aliphatic heterocycles. The number of para-hydroxylation sites is 1. The van der Waals surface area contributed by atoms with Gasteiger partial charge in [0.15, 0.2) is 0 Å². The van der Waals surface area contributed by atoms with Crippen molar-refractivity contribution in [3.63, 3.8) is 0 Å². The molecule has 0 saturated carbocycles. The highest BCUT2D eigenvalue weighted by Crippen LogP contribution is 2.29. The van der Waals surface area contributed by atoms with Crippen LogP contribution in [0, 0.1) is 0 Å². The van der Waals surface area contributed by atoms with Gasteiger partial charge in [-0.05, 0) is 38.3 Å². The van der Waals surface area contributed by atoms with Crippen molar-refractivity contribution in [2.75, 3.05) is 26.2 Å². The van der Waals surface area contributed by atoms with Crippen LogP contribution in [0.2, 0.25) is 0 Å². The van der Waals surface area contributed by atoms with E-state index in [2.05, 4.69) is 56.3 Å². The van der Waals surface area contributed by atoms with Gasteiger partial charge in [-0.3, -0.25) is 0 Å². The average Bonchev–Trinajstić information content (AvgIpc) is 2.62. The predicted molar refractivity (Wildman–Crippen MR) is 102 cm³/mol. The Hall–Kier alpha value is -1.84. The quantitative estimate of drug-likeness (QED) is 0.782. The van der Waals surface area contributed by atoms with Gasteiger partial charge in [-0.25, -0.2) is 0 Å². The molecule has 2 aromatic carbocycles. The van der Waals surface area contributed by atoms with Crippen molar-refractivity contribution >= 4 is 0 Å². The molecule has 25 heavy (non-hydrogen) atoms. The highest BCUT2D eigenvalue weighted by atomic mass is 16.5. The summed E-state index contributed by atoms with van der Waals surface area (Å²) < 4.78 is 11.9. The summed E-state index contributed by atoms with van der Waals surface area (Å²) in [6, 6.07) is 18.8. The van der Waals surface area contributed by atoms with Crippen LogP contribution in [-0.2, 0) is 4.74 Å². The molecule has 1 N–H and O–H groups in total. The lowest BCUT2D eigenvalue weighted by Crippen LogP contribution is -3.15. The number of ether oxygens (including phenoxy) is 2. The van der Waals surface area contributed by atoms with Gasteiger partial charge in [-0.15, -0.1) is 0 Å². The minimum absolute atomic E-state index is 0.382. The topological polar surface area (TPSA) is 22.9 Å². The van der Waals surface area contributed by atoms with Crippen molar-refractivity contribution < 1.29 is 14.4 Å². The number of rotatable bonds is 7.